The molecular formula is C24H21FN4O3S. The predicted molar refractivity (Wildman–Crippen MR) is 125 cm³/mol. The smallest absolute Gasteiger partial charge is 0.338 e. The Labute approximate surface area is 193 Å². The lowest BCUT2D eigenvalue weighted by Crippen LogP contribution is -2.29. The van der Waals surface area contributed by atoms with Crippen LogP contribution in [0.15, 0.2) is 53.9 Å². The first-order valence-corrected chi connectivity index (χ1v) is 11.0. The van der Waals surface area contributed by atoms with E-state index in [1.165, 1.54) is 30.4 Å². The Morgan fingerprint density at radius 2 is 1.70 bits per heavy atom. The molecule has 4 aromatic rings. The van der Waals surface area contributed by atoms with Gasteiger partial charge in [-0.2, -0.15) is 0 Å². The van der Waals surface area contributed by atoms with E-state index in [2.05, 4.69) is 20.3 Å². The summed E-state index contributed by atoms with van der Waals surface area (Å²) in [6, 6.07) is 12.7. The molecule has 0 saturated carbocycles. The van der Waals surface area contributed by atoms with Gasteiger partial charge in [-0.25, -0.2) is 19.2 Å². The lowest BCUT2D eigenvalue weighted by atomic mass is 10.1. The van der Waals surface area contributed by atoms with Gasteiger partial charge >= 0.3 is 5.97 Å². The molecule has 2 aromatic carbocycles. The molecule has 2 N–H and O–H groups in total. The zero-order valence-electron chi connectivity index (χ0n) is 18.2. The van der Waals surface area contributed by atoms with Crippen molar-refractivity contribution in [1.82, 2.24) is 15.0 Å². The predicted octanol–water partition coefficient (Wildman–Crippen LogP) is 5.14. The fourth-order valence-corrected chi connectivity index (χ4v) is 3.74. The molecule has 168 valence electrons. The van der Waals surface area contributed by atoms with E-state index in [9.17, 15) is 14.0 Å². The molecule has 7 nitrogen and oxygen atoms in total. The number of H-pyrrole nitrogens is 1. The van der Waals surface area contributed by atoms with Crippen molar-refractivity contribution >= 4 is 28.3 Å². The number of aryl methyl sites for hydroxylation is 2. The largest absolute Gasteiger partial charge is 0.449 e. The molecule has 2 aromatic heterocycles. The Morgan fingerprint density at radius 3 is 2.33 bits per heavy atom. The van der Waals surface area contributed by atoms with Gasteiger partial charge in [0.15, 0.2) is 11.2 Å². The van der Waals surface area contributed by atoms with E-state index in [0.717, 1.165) is 28.3 Å². The molecule has 0 fully saturated rings. The molecule has 0 radical (unpaired) electrons. The van der Waals surface area contributed by atoms with Crippen LogP contribution in [0.5, 0.6) is 0 Å². The molecule has 0 aliphatic heterocycles. The number of nitrogens with zero attached hydrogens (tertiary/aromatic N) is 2. The number of halogens is 1. The number of carbonyl (C=O) groups excluding carboxylic acids is 2. The van der Waals surface area contributed by atoms with Crippen LogP contribution in [0.1, 0.15) is 28.7 Å². The number of amides is 1. The molecule has 33 heavy (non-hydrogen) atoms. The minimum absolute atomic E-state index is 0.325. The molecule has 9 heteroatoms. The SMILES string of the molecule is Cc1nc(-c2ccc(C(=O)OC(C)C(=O)Nc3nc(-c4ccc(F)cc4)cs3)cc2)[nH]c1C. The molecule has 0 aliphatic carbocycles. The maximum absolute atomic E-state index is 13.1. The number of hydrogen-bond donors (Lipinski definition) is 2. The minimum Gasteiger partial charge on any atom is -0.449 e. The second-order valence-corrected chi connectivity index (χ2v) is 8.31. The monoisotopic (exact) mass is 464 g/mol. The summed E-state index contributed by atoms with van der Waals surface area (Å²) in [7, 11) is 0. The molecule has 4 rings (SSSR count). The van der Waals surface area contributed by atoms with Crippen molar-refractivity contribution in [2.75, 3.05) is 5.32 Å². The van der Waals surface area contributed by atoms with Gasteiger partial charge < -0.3 is 9.72 Å². The third-order valence-electron chi connectivity index (χ3n) is 5.05. The quantitative estimate of drug-likeness (QED) is 0.385. The van der Waals surface area contributed by atoms with Crippen molar-refractivity contribution in [1.29, 1.82) is 0 Å². The molecule has 0 saturated heterocycles. The van der Waals surface area contributed by atoms with Gasteiger partial charge in [0.1, 0.15) is 11.6 Å². The van der Waals surface area contributed by atoms with Crippen molar-refractivity contribution in [3.8, 4) is 22.6 Å². The highest BCUT2D eigenvalue weighted by Gasteiger charge is 2.20. The highest BCUT2D eigenvalue weighted by molar-refractivity contribution is 7.14. The first kappa shape index (κ1) is 22.3. The van der Waals surface area contributed by atoms with Crippen molar-refractivity contribution < 1.29 is 18.7 Å². The number of imidazole rings is 1. The number of esters is 1. The molecule has 0 spiro atoms. The van der Waals surface area contributed by atoms with Crippen LogP contribution in [0.25, 0.3) is 22.6 Å². The summed E-state index contributed by atoms with van der Waals surface area (Å²) in [5.41, 5.74) is 4.41. The van der Waals surface area contributed by atoms with Crippen LogP contribution in [0.3, 0.4) is 0 Å². The van der Waals surface area contributed by atoms with Crippen LogP contribution < -0.4 is 5.32 Å². The minimum atomic E-state index is -1.02. The summed E-state index contributed by atoms with van der Waals surface area (Å²) < 4.78 is 18.4. The maximum atomic E-state index is 13.1. The average Bonchev–Trinajstić information content (AvgIpc) is 3.40. The standard InChI is InChI=1S/C24H21FN4O3S/c1-13-14(2)27-21(26-13)17-4-6-18(7-5-17)23(31)32-15(3)22(30)29-24-28-20(12-33-24)16-8-10-19(25)11-9-16/h4-12,15H,1-3H3,(H,26,27)(H,28,29,30). The van der Waals surface area contributed by atoms with E-state index >= 15 is 0 Å². The van der Waals surface area contributed by atoms with E-state index in [0.29, 0.717) is 16.4 Å². The lowest BCUT2D eigenvalue weighted by molar-refractivity contribution is -0.123. The van der Waals surface area contributed by atoms with E-state index in [1.54, 1.807) is 41.8 Å². The number of carbonyl (C=O) groups is 2. The Balaban J connectivity index is 1.35. The van der Waals surface area contributed by atoms with Crippen LogP contribution in [0.2, 0.25) is 0 Å². The zero-order valence-corrected chi connectivity index (χ0v) is 19.0. The average molecular weight is 465 g/mol. The number of aromatic nitrogens is 3. The first-order chi connectivity index (χ1) is 15.8. The first-order valence-electron chi connectivity index (χ1n) is 10.2. The molecule has 1 unspecified atom stereocenters. The summed E-state index contributed by atoms with van der Waals surface area (Å²) in [4.78, 5) is 36.9. The third-order valence-corrected chi connectivity index (χ3v) is 5.81. The van der Waals surface area contributed by atoms with Gasteiger partial charge in [0.05, 0.1) is 17.0 Å². The third kappa shape index (κ3) is 5.15. The van der Waals surface area contributed by atoms with Crippen LogP contribution in [0, 0.1) is 19.7 Å². The van der Waals surface area contributed by atoms with Gasteiger partial charge in [0, 0.05) is 22.2 Å². The summed E-state index contributed by atoms with van der Waals surface area (Å²) >= 11 is 1.23. The summed E-state index contributed by atoms with van der Waals surface area (Å²) in [5, 5.41) is 4.75. The Kier molecular flexibility index (Phi) is 6.32. The Morgan fingerprint density at radius 1 is 1.03 bits per heavy atom. The Bertz CT molecular complexity index is 1280. The number of rotatable bonds is 6. The van der Waals surface area contributed by atoms with Gasteiger partial charge in [-0.1, -0.05) is 12.1 Å². The highest BCUT2D eigenvalue weighted by atomic mass is 32.1. The molecule has 0 aliphatic rings. The number of thiazole rings is 1. The number of benzene rings is 2. The van der Waals surface area contributed by atoms with Crippen LogP contribution in [0.4, 0.5) is 9.52 Å². The Hall–Kier alpha value is -3.85. The second kappa shape index (κ2) is 9.33. The van der Waals surface area contributed by atoms with E-state index in [-0.39, 0.29) is 5.82 Å². The molecule has 1 amide bonds. The van der Waals surface area contributed by atoms with Gasteiger partial charge in [-0.05, 0) is 57.2 Å². The van der Waals surface area contributed by atoms with E-state index in [4.69, 9.17) is 4.74 Å². The van der Waals surface area contributed by atoms with E-state index in [1.807, 2.05) is 13.8 Å². The molecular weight excluding hydrogens is 443 g/mol. The van der Waals surface area contributed by atoms with Gasteiger partial charge in [0.2, 0.25) is 0 Å². The summed E-state index contributed by atoms with van der Waals surface area (Å²) in [5.74, 6) is -0.719. The zero-order chi connectivity index (χ0) is 23.5. The lowest BCUT2D eigenvalue weighted by Gasteiger charge is -2.12. The number of nitrogens with one attached hydrogen (secondary N) is 2. The highest BCUT2D eigenvalue weighted by Crippen LogP contribution is 2.25. The maximum Gasteiger partial charge on any atom is 0.338 e. The summed E-state index contributed by atoms with van der Waals surface area (Å²) in [6.07, 6.45) is -1.02. The van der Waals surface area contributed by atoms with Crippen LogP contribution in [-0.2, 0) is 9.53 Å². The molecule has 1 atom stereocenters. The van der Waals surface area contributed by atoms with Crippen molar-refractivity contribution in [3.05, 3.63) is 76.7 Å². The normalized spacial score (nSPS) is 11.8. The molecule has 0 bridgehead atoms. The van der Waals surface area contributed by atoms with Gasteiger partial charge in [0.25, 0.3) is 5.91 Å². The number of anilines is 1. The topological polar surface area (TPSA) is 97.0 Å². The van der Waals surface area contributed by atoms with Crippen molar-refractivity contribution in [3.63, 3.8) is 0 Å². The van der Waals surface area contributed by atoms with Gasteiger partial charge in [-0.3, -0.25) is 10.1 Å². The number of ether oxygens (including phenoxy) is 1. The second-order valence-electron chi connectivity index (χ2n) is 7.45. The van der Waals surface area contributed by atoms with Crippen molar-refractivity contribution in [2.45, 2.75) is 26.9 Å². The molecule has 2 heterocycles. The fourth-order valence-electron chi connectivity index (χ4n) is 3.02. The number of hydrogen-bond acceptors (Lipinski definition) is 6. The number of aromatic amines is 1. The van der Waals surface area contributed by atoms with Crippen molar-refractivity contribution in [2.24, 2.45) is 0 Å². The summed E-state index contributed by atoms with van der Waals surface area (Å²) in [6.45, 7) is 5.35. The van der Waals surface area contributed by atoms with Crippen LogP contribution in [-0.4, -0.2) is 32.9 Å². The van der Waals surface area contributed by atoms with Crippen LogP contribution >= 0.6 is 11.3 Å². The van der Waals surface area contributed by atoms with Gasteiger partial charge in [-0.15, -0.1) is 11.3 Å². The van der Waals surface area contributed by atoms with E-state index < -0.39 is 18.0 Å². The fraction of sp³-hybridized carbons (Fsp3) is 0.167.